The molecule has 1 N–H and O–H groups in total. The zero-order valence-electron chi connectivity index (χ0n) is 21.3. The number of hydrogen-bond donors (Lipinski definition) is 1. The molecule has 10 nitrogen and oxygen atoms in total. The molecule has 0 bridgehead atoms. The first-order chi connectivity index (χ1) is 18.3. The van der Waals surface area contributed by atoms with Crippen molar-refractivity contribution < 1.29 is 18.7 Å². The summed E-state index contributed by atoms with van der Waals surface area (Å²) in [5.74, 6) is 0.0201. The second kappa shape index (κ2) is 11.6. The Kier molecular flexibility index (Phi) is 8.08. The average molecular weight is 518 g/mol. The van der Waals surface area contributed by atoms with Gasteiger partial charge in [0.05, 0.1) is 30.4 Å². The normalized spacial score (nSPS) is 16.3. The van der Waals surface area contributed by atoms with Gasteiger partial charge in [0.2, 0.25) is 0 Å². The number of azide groups is 1. The number of benzene rings is 1. The van der Waals surface area contributed by atoms with Crippen molar-refractivity contribution in [2.24, 2.45) is 5.11 Å². The van der Waals surface area contributed by atoms with Crippen LogP contribution in [0.2, 0.25) is 0 Å². The van der Waals surface area contributed by atoms with Crippen molar-refractivity contribution in [3.05, 3.63) is 100 Å². The topological polar surface area (TPSA) is 127 Å². The Balaban J connectivity index is 0.000000204. The lowest BCUT2D eigenvalue weighted by Gasteiger charge is -2.23. The zero-order valence-corrected chi connectivity index (χ0v) is 21.3. The quantitative estimate of drug-likeness (QED) is 0.141. The van der Waals surface area contributed by atoms with Crippen LogP contribution in [0.1, 0.15) is 48.3 Å². The molecule has 0 amide bonds. The predicted molar refractivity (Wildman–Crippen MR) is 141 cm³/mol. The van der Waals surface area contributed by atoms with Crippen molar-refractivity contribution in [2.45, 2.75) is 38.8 Å². The lowest BCUT2D eigenvalue weighted by Crippen LogP contribution is -2.33. The van der Waals surface area contributed by atoms with E-state index in [0.29, 0.717) is 24.3 Å². The summed E-state index contributed by atoms with van der Waals surface area (Å²) in [6.07, 6.45) is 8.98. The van der Waals surface area contributed by atoms with Gasteiger partial charge in [0.1, 0.15) is 22.8 Å². The van der Waals surface area contributed by atoms with Gasteiger partial charge in [-0.25, -0.2) is 14.2 Å². The summed E-state index contributed by atoms with van der Waals surface area (Å²) in [5, 5.41) is 6.91. The third kappa shape index (κ3) is 6.19. The molecule has 2 atom stereocenters. The van der Waals surface area contributed by atoms with Gasteiger partial charge < -0.3 is 19.2 Å². The zero-order chi connectivity index (χ0) is 27.1. The molecule has 3 aromatic heterocycles. The Morgan fingerprint density at radius 2 is 2.21 bits per heavy atom. The van der Waals surface area contributed by atoms with E-state index in [0.717, 1.165) is 22.5 Å². The standard InChI is InChI=1S/C17H18FN5O.C10H10N2O2/c1-11(22-14-4-3-5-20-9-14)15-7-13(18)6-12-8-17(2,10-21-23-19)24-16(12)15;1-2-14-10(13)8-6-11-9-4-3-5-12(9)7-8/h3-7,9,11,22H,8,10H2,1-2H3;3-7H,2H2,1H3. The minimum Gasteiger partial charge on any atom is -0.486 e. The largest absolute Gasteiger partial charge is 0.486 e. The van der Waals surface area contributed by atoms with Crippen molar-refractivity contribution in [3.8, 4) is 5.75 Å². The molecular formula is C27H28FN7O3. The molecule has 0 aliphatic carbocycles. The van der Waals surface area contributed by atoms with Gasteiger partial charge in [-0.2, -0.15) is 0 Å². The van der Waals surface area contributed by atoms with E-state index >= 15 is 0 Å². The first-order valence-corrected chi connectivity index (χ1v) is 12.1. The van der Waals surface area contributed by atoms with Crippen LogP contribution in [0, 0.1) is 5.82 Å². The van der Waals surface area contributed by atoms with Crippen molar-refractivity contribution >= 4 is 17.3 Å². The Morgan fingerprint density at radius 3 is 2.95 bits per heavy atom. The van der Waals surface area contributed by atoms with Gasteiger partial charge in [0, 0.05) is 53.4 Å². The highest BCUT2D eigenvalue weighted by Gasteiger charge is 2.37. The molecule has 0 spiro atoms. The third-order valence-corrected chi connectivity index (χ3v) is 5.93. The number of halogens is 1. The minimum atomic E-state index is -0.648. The number of aromatic nitrogens is 3. The van der Waals surface area contributed by atoms with Gasteiger partial charge >= 0.3 is 5.97 Å². The van der Waals surface area contributed by atoms with E-state index in [1.807, 2.05) is 44.3 Å². The van der Waals surface area contributed by atoms with E-state index < -0.39 is 5.60 Å². The molecule has 5 rings (SSSR count). The molecule has 196 valence electrons. The fraction of sp³-hybridized carbons (Fsp3) is 0.296. The highest BCUT2D eigenvalue weighted by Crippen LogP contribution is 2.41. The Bertz CT molecular complexity index is 1470. The van der Waals surface area contributed by atoms with Crippen LogP contribution in [-0.2, 0) is 11.2 Å². The van der Waals surface area contributed by atoms with E-state index in [4.69, 9.17) is 15.0 Å². The molecule has 0 fully saturated rings. The number of nitrogens with one attached hydrogen (secondary N) is 1. The van der Waals surface area contributed by atoms with E-state index in [1.54, 1.807) is 29.9 Å². The summed E-state index contributed by atoms with van der Waals surface area (Å²) in [4.78, 5) is 22.3. The fourth-order valence-corrected chi connectivity index (χ4v) is 4.22. The minimum absolute atomic E-state index is 0.166. The average Bonchev–Trinajstić information content (AvgIpc) is 3.51. The predicted octanol–water partition coefficient (Wildman–Crippen LogP) is 5.91. The number of nitrogens with zero attached hydrogens (tertiary/aromatic N) is 6. The van der Waals surface area contributed by atoms with Crippen molar-refractivity contribution in [1.82, 2.24) is 14.4 Å². The molecular weight excluding hydrogens is 489 g/mol. The Hall–Kier alpha value is -4.63. The van der Waals surface area contributed by atoms with Crippen LogP contribution in [0.25, 0.3) is 16.1 Å². The maximum Gasteiger partial charge on any atom is 0.341 e. The summed E-state index contributed by atoms with van der Waals surface area (Å²) in [7, 11) is 0. The number of pyridine rings is 1. The number of anilines is 1. The van der Waals surface area contributed by atoms with Gasteiger partial charge in [0.15, 0.2) is 0 Å². The first kappa shape index (κ1) is 26.4. The smallest absolute Gasteiger partial charge is 0.341 e. The molecule has 1 aromatic carbocycles. The van der Waals surface area contributed by atoms with Gasteiger partial charge in [-0.05, 0) is 62.7 Å². The number of fused-ring (bicyclic) bond motifs is 2. The van der Waals surface area contributed by atoms with Crippen LogP contribution in [0.5, 0.6) is 5.75 Å². The molecule has 0 saturated carbocycles. The van der Waals surface area contributed by atoms with Gasteiger partial charge in [0.25, 0.3) is 0 Å². The van der Waals surface area contributed by atoms with Crippen LogP contribution >= 0.6 is 0 Å². The maximum absolute atomic E-state index is 14.0. The number of carbonyl (C=O) groups excluding carboxylic acids is 1. The molecule has 4 aromatic rings. The van der Waals surface area contributed by atoms with Crippen LogP contribution < -0.4 is 10.1 Å². The number of esters is 1. The lowest BCUT2D eigenvalue weighted by molar-refractivity contribution is 0.0525. The summed E-state index contributed by atoms with van der Waals surface area (Å²) in [5.41, 5.74) is 11.5. The van der Waals surface area contributed by atoms with Gasteiger partial charge in [-0.1, -0.05) is 5.11 Å². The molecule has 4 heterocycles. The number of rotatable bonds is 7. The van der Waals surface area contributed by atoms with E-state index in [2.05, 4.69) is 25.3 Å². The van der Waals surface area contributed by atoms with Crippen LogP contribution in [0.4, 0.5) is 10.1 Å². The fourth-order valence-electron chi connectivity index (χ4n) is 4.22. The van der Waals surface area contributed by atoms with Crippen molar-refractivity contribution in [3.63, 3.8) is 0 Å². The number of hydrogen-bond acceptors (Lipinski definition) is 7. The third-order valence-electron chi connectivity index (χ3n) is 5.93. The molecule has 0 saturated heterocycles. The first-order valence-electron chi connectivity index (χ1n) is 12.1. The van der Waals surface area contributed by atoms with E-state index in [1.165, 1.54) is 18.3 Å². The lowest BCUT2D eigenvalue weighted by atomic mass is 9.97. The molecule has 1 aliphatic heterocycles. The molecule has 0 radical (unpaired) electrons. The van der Waals surface area contributed by atoms with E-state index in [9.17, 15) is 9.18 Å². The van der Waals surface area contributed by atoms with Crippen LogP contribution in [-0.4, -0.2) is 39.1 Å². The van der Waals surface area contributed by atoms with Crippen molar-refractivity contribution in [2.75, 3.05) is 18.5 Å². The molecule has 1 aliphatic rings. The van der Waals surface area contributed by atoms with Crippen molar-refractivity contribution in [1.29, 1.82) is 0 Å². The SMILES string of the molecule is CC(Nc1cccnc1)c1cc(F)cc2c1OC(C)(CN=[N+]=[N-])C2.CCOC(=O)c1cnc2cccn2c1. The summed E-state index contributed by atoms with van der Waals surface area (Å²) in [6, 6.07) is 10.3. The van der Waals surface area contributed by atoms with Gasteiger partial charge in [-0.15, -0.1) is 0 Å². The Morgan fingerprint density at radius 1 is 1.37 bits per heavy atom. The second-order valence-corrected chi connectivity index (χ2v) is 9.05. The van der Waals surface area contributed by atoms with Gasteiger partial charge in [-0.3, -0.25) is 4.98 Å². The maximum atomic E-state index is 14.0. The van der Waals surface area contributed by atoms with Crippen LogP contribution in [0.3, 0.4) is 0 Å². The van der Waals surface area contributed by atoms with E-state index in [-0.39, 0.29) is 24.4 Å². The summed E-state index contributed by atoms with van der Waals surface area (Å²) < 4.78 is 26.7. The summed E-state index contributed by atoms with van der Waals surface area (Å²) in [6.45, 7) is 6.16. The molecule has 2 unspecified atom stereocenters. The molecule has 38 heavy (non-hydrogen) atoms. The Labute approximate surface area is 219 Å². The highest BCUT2D eigenvalue weighted by atomic mass is 19.1. The van der Waals surface area contributed by atoms with Crippen LogP contribution in [0.15, 0.2) is 72.5 Å². The number of ether oxygens (including phenoxy) is 2. The number of carbonyl (C=O) groups is 1. The highest BCUT2D eigenvalue weighted by molar-refractivity contribution is 5.88. The molecule has 11 heteroatoms. The summed E-state index contributed by atoms with van der Waals surface area (Å²) >= 11 is 0. The monoisotopic (exact) mass is 517 g/mol. The second-order valence-electron chi connectivity index (χ2n) is 9.05.